The van der Waals surface area contributed by atoms with Crippen molar-refractivity contribution in [3.8, 4) is 5.69 Å². The first-order chi connectivity index (χ1) is 14.1. The quantitative estimate of drug-likeness (QED) is 0.524. The number of carbonyl (C=O) groups excluding carboxylic acids is 2. The minimum Gasteiger partial charge on any atom is -0.267 e. The third kappa shape index (κ3) is 3.59. The summed E-state index contributed by atoms with van der Waals surface area (Å²) in [6, 6.07) is 18.5. The average Bonchev–Trinajstić information content (AvgIpc) is 2.79. The Labute approximate surface area is 164 Å². The zero-order valence-corrected chi connectivity index (χ0v) is 15.1. The van der Waals surface area contributed by atoms with Gasteiger partial charge in [-0.25, -0.2) is 0 Å². The summed E-state index contributed by atoms with van der Waals surface area (Å²) in [5.41, 5.74) is 5.23. The fraction of sp³-hybridized carbons (Fsp3) is 0. The van der Waals surface area contributed by atoms with E-state index in [0.29, 0.717) is 22.0 Å². The SMILES string of the molecule is O=C(NNC(=O)c1nn(-c2ccccc2)c(=O)c2ccccc12)c1ccncc1. The van der Waals surface area contributed by atoms with Crippen LogP contribution >= 0.6 is 0 Å². The van der Waals surface area contributed by atoms with Gasteiger partial charge in [0, 0.05) is 23.3 Å². The van der Waals surface area contributed by atoms with Crippen LogP contribution in [0.4, 0.5) is 0 Å². The van der Waals surface area contributed by atoms with Gasteiger partial charge in [0.05, 0.1) is 11.1 Å². The number of amides is 2. The molecule has 2 aromatic carbocycles. The molecule has 0 saturated heterocycles. The molecule has 2 heterocycles. The third-order valence-electron chi connectivity index (χ3n) is 4.25. The number of pyridine rings is 1. The largest absolute Gasteiger partial charge is 0.290 e. The highest BCUT2D eigenvalue weighted by atomic mass is 16.2. The van der Waals surface area contributed by atoms with Crippen molar-refractivity contribution in [2.45, 2.75) is 0 Å². The lowest BCUT2D eigenvalue weighted by Crippen LogP contribution is -2.42. The molecule has 142 valence electrons. The van der Waals surface area contributed by atoms with E-state index < -0.39 is 11.8 Å². The second kappa shape index (κ2) is 7.73. The number of nitrogens with one attached hydrogen (secondary N) is 2. The van der Waals surface area contributed by atoms with Crippen LogP contribution in [0.25, 0.3) is 16.5 Å². The van der Waals surface area contributed by atoms with Crippen molar-refractivity contribution in [3.05, 3.63) is 101 Å². The maximum Gasteiger partial charge on any atom is 0.290 e. The van der Waals surface area contributed by atoms with Gasteiger partial charge in [-0.05, 0) is 30.3 Å². The highest BCUT2D eigenvalue weighted by Gasteiger charge is 2.18. The van der Waals surface area contributed by atoms with E-state index in [2.05, 4.69) is 20.9 Å². The standard InChI is InChI=1S/C21H15N5O3/c27-19(14-10-12-22-13-11-14)23-24-20(28)18-16-8-4-5-9-17(16)21(29)26(25-18)15-6-2-1-3-7-15/h1-13H,(H,23,27)(H,24,28). The van der Waals surface area contributed by atoms with E-state index in [0.717, 1.165) is 0 Å². The van der Waals surface area contributed by atoms with E-state index in [1.165, 1.54) is 29.2 Å². The topological polar surface area (TPSA) is 106 Å². The summed E-state index contributed by atoms with van der Waals surface area (Å²) in [7, 11) is 0. The summed E-state index contributed by atoms with van der Waals surface area (Å²) in [6.07, 6.45) is 2.95. The third-order valence-corrected chi connectivity index (χ3v) is 4.25. The van der Waals surface area contributed by atoms with Crippen molar-refractivity contribution >= 4 is 22.6 Å². The van der Waals surface area contributed by atoms with Crippen molar-refractivity contribution in [2.75, 3.05) is 0 Å². The van der Waals surface area contributed by atoms with Gasteiger partial charge in [-0.1, -0.05) is 36.4 Å². The van der Waals surface area contributed by atoms with Crippen molar-refractivity contribution < 1.29 is 9.59 Å². The van der Waals surface area contributed by atoms with E-state index in [1.807, 2.05) is 6.07 Å². The van der Waals surface area contributed by atoms with Gasteiger partial charge >= 0.3 is 0 Å². The Bertz CT molecular complexity index is 1250. The Morgan fingerprint density at radius 1 is 0.759 bits per heavy atom. The molecule has 0 aliphatic heterocycles. The van der Waals surface area contributed by atoms with Crippen LogP contribution < -0.4 is 16.4 Å². The van der Waals surface area contributed by atoms with Crippen LogP contribution in [0.1, 0.15) is 20.8 Å². The molecule has 0 spiro atoms. The normalized spacial score (nSPS) is 10.5. The summed E-state index contributed by atoms with van der Waals surface area (Å²) in [4.78, 5) is 41.6. The van der Waals surface area contributed by atoms with Gasteiger partial charge in [0.2, 0.25) is 0 Å². The van der Waals surface area contributed by atoms with E-state index in [1.54, 1.807) is 48.5 Å². The van der Waals surface area contributed by atoms with Gasteiger partial charge in [-0.15, -0.1) is 0 Å². The summed E-state index contributed by atoms with van der Waals surface area (Å²) in [6.45, 7) is 0. The number of para-hydroxylation sites is 1. The maximum absolute atomic E-state index is 12.8. The first-order valence-electron chi connectivity index (χ1n) is 8.73. The van der Waals surface area contributed by atoms with E-state index in [4.69, 9.17) is 0 Å². The van der Waals surface area contributed by atoms with Gasteiger partial charge in [0.15, 0.2) is 5.69 Å². The van der Waals surface area contributed by atoms with Gasteiger partial charge in [0.1, 0.15) is 0 Å². The first kappa shape index (κ1) is 18.1. The van der Waals surface area contributed by atoms with Gasteiger partial charge in [-0.3, -0.25) is 30.2 Å². The Hall–Kier alpha value is -4.33. The predicted octanol–water partition coefficient (Wildman–Crippen LogP) is 1.86. The van der Waals surface area contributed by atoms with E-state index in [9.17, 15) is 14.4 Å². The lowest BCUT2D eigenvalue weighted by Gasteiger charge is -2.12. The van der Waals surface area contributed by atoms with Crippen LogP contribution in [0, 0.1) is 0 Å². The summed E-state index contributed by atoms with van der Waals surface area (Å²) in [5, 5.41) is 4.99. The number of carbonyl (C=O) groups is 2. The number of hydrogen-bond donors (Lipinski definition) is 2. The molecule has 0 bridgehead atoms. The number of nitrogens with zero attached hydrogens (tertiary/aromatic N) is 3. The lowest BCUT2D eigenvalue weighted by atomic mass is 10.1. The Balaban J connectivity index is 1.71. The predicted molar refractivity (Wildman–Crippen MR) is 107 cm³/mol. The van der Waals surface area contributed by atoms with Crippen LogP contribution in [0.2, 0.25) is 0 Å². The Kier molecular flexibility index (Phi) is 4.81. The molecule has 0 fully saturated rings. The molecule has 4 rings (SSSR count). The van der Waals surface area contributed by atoms with Crippen molar-refractivity contribution in [1.29, 1.82) is 0 Å². The molecule has 4 aromatic rings. The molecule has 8 nitrogen and oxygen atoms in total. The lowest BCUT2D eigenvalue weighted by molar-refractivity contribution is 0.0844. The Morgan fingerprint density at radius 3 is 2.10 bits per heavy atom. The first-order valence-corrected chi connectivity index (χ1v) is 8.73. The molecule has 2 amide bonds. The van der Waals surface area contributed by atoms with Crippen LogP contribution in [0.5, 0.6) is 0 Å². The molecular weight excluding hydrogens is 370 g/mol. The van der Waals surface area contributed by atoms with Crippen molar-refractivity contribution in [2.24, 2.45) is 0 Å². The molecule has 0 unspecified atom stereocenters. The number of benzene rings is 2. The fourth-order valence-electron chi connectivity index (χ4n) is 2.85. The van der Waals surface area contributed by atoms with E-state index in [-0.39, 0.29) is 11.3 Å². The molecule has 8 heteroatoms. The number of rotatable bonds is 3. The van der Waals surface area contributed by atoms with Gasteiger partial charge in [-0.2, -0.15) is 9.78 Å². The zero-order chi connectivity index (χ0) is 20.2. The molecule has 0 aliphatic carbocycles. The number of hydrazine groups is 1. The number of hydrogen-bond acceptors (Lipinski definition) is 5. The molecule has 2 N–H and O–H groups in total. The summed E-state index contributed by atoms with van der Waals surface area (Å²) < 4.78 is 1.17. The smallest absolute Gasteiger partial charge is 0.267 e. The highest BCUT2D eigenvalue weighted by Crippen LogP contribution is 2.15. The monoisotopic (exact) mass is 385 g/mol. The molecule has 2 aromatic heterocycles. The fourth-order valence-corrected chi connectivity index (χ4v) is 2.85. The van der Waals surface area contributed by atoms with Crippen LogP contribution in [0.15, 0.2) is 83.9 Å². The van der Waals surface area contributed by atoms with Gasteiger partial charge in [0.25, 0.3) is 17.4 Å². The Morgan fingerprint density at radius 2 is 1.38 bits per heavy atom. The van der Waals surface area contributed by atoms with Crippen molar-refractivity contribution in [3.63, 3.8) is 0 Å². The zero-order valence-electron chi connectivity index (χ0n) is 15.1. The number of fused-ring (bicyclic) bond motifs is 1. The minimum atomic E-state index is -0.645. The molecule has 0 radical (unpaired) electrons. The van der Waals surface area contributed by atoms with Crippen LogP contribution in [-0.4, -0.2) is 26.6 Å². The van der Waals surface area contributed by atoms with Gasteiger partial charge < -0.3 is 0 Å². The van der Waals surface area contributed by atoms with Crippen LogP contribution in [-0.2, 0) is 0 Å². The molecule has 0 atom stereocenters. The molecule has 0 aliphatic rings. The highest BCUT2D eigenvalue weighted by molar-refractivity contribution is 6.06. The average molecular weight is 385 g/mol. The second-order valence-electron chi connectivity index (χ2n) is 6.09. The van der Waals surface area contributed by atoms with Crippen molar-refractivity contribution in [1.82, 2.24) is 25.6 Å². The second-order valence-corrected chi connectivity index (χ2v) is 6.09. The maximum atomic E-state index is 12.8. The summed E-state index contributed by atoms with van der Waals surface area (Å²) in [5.74, 6) is -1.14. The van der Waals surface area contributed by atoms with E-state index >= 15 is 0 Å². The summed E-state index contributed by atoms with van der Waals surface area (Å²) >= 11 is 0. The minimum absolute atomic E-state index is 0.0130. The van der Waals surface area contributed by atoms with Crippen LogP contribution in [0.3, 0.4) is 0 Å². The molecule has 0 saturated carbocycles. The number of aromatic nitrogens is 3. The molecular formula is C21H15N5O3. The molecule has 29 heavy (non-hydrogen) atoms.